The molecule has 0 bridgehead atoms. The Morgan fingerprint density at radius 3 is 2.71 bits per heavy atom. The summed E-state index contributed by atoms with van der Waals surface area (Å²) in [6, 6.07) is 10.3. The van der Waals surface area contributed by atoms with Crippen molar-refractivity contribution in [2.24, 2.45) is 5.92 Å². The van der Waals surface area contributed by atoms with E-state index in [0.29, 0.717) is 6.54 Å². The molecule has 0 aliphatic carbocycles. The van der Waals surface area contributed by atoms with Gasteiger partial charge in [0.2, 0.25) is 5.91 Å². The fraction of sp³-hybridized carbons (Fsp3) is 0.474. The molecule has 3 rings (SSSR count). The first kappa shape index (κ1) is 16.7. The van der Waals surface area contributed by atoms with Crippen molar-refractivity contribution in [1.29, 1.82) is 0 Å². The molecule has 0 spiro atoms. The molecule has 1 aromatic carbocycles. The summed E-state index contributed by atoms with van der Waals surface area (Å²) in [5.41, 5.74) is 4.43. The van der Waals surface area contributed by atoms with Crippen LogP contribution >= 0.6 is 0 Å². The molecule has 2 heterocycles. The first-order chi connectivity index (χ1) is 11.5. The summed E-state index contributed by atoms with van der Waals surface area (Å²) in [7, 11) is 0. The van der Waals surface area contributed by atoms with Gasteiger partial charge in [0.15, 0.2) is 0 Å². The summed E-state index contributed by atoms with van der Waals surface area (Å²) in [6.45, 7) is 10.6. The number of nitrogens with zero attached hydrogens (tertiary/aromatic N) is 3. The monoisotopic (exact) mass is 326 g/mol. The lowest BCUT2D eigenvalue weighted by Gasteiger charge is -2.37. The fourth-order valence-corrected chi connectivity index (χ4v) is 3.58. The molecular formula is C19H26N4O. The summed E-state index contributed by atoms with van der Waals surface area (Å²) in [5, 5.41) is 7.61. The predicted octanol–water partition coefficient (Wildman–Crippen LogP) is 2.45. The van der Waals surface area contributed by atoms with E-state index in [1.54, 1.807) is 0 Å². The van der Waals surface area contributed by atoms with E-state index in [1.165, 1.54) is 5.56 Å². The molecule has 1 amide bonds. The molecule has 1 fully saturated rings. The number of carbonyl (C=O) groups excluding carboxylic acids is 1. The van der Waals surface area contributed by atoms with Crippen molar-refractivity contribution in [2.45, 2.75) is 40.3 Å². The lowest BCUT2D eigenvalue weighted by Crippen LogP contribution is -2.56. The SMILES string of the molecule is Cc1cc(C)n(-c2ccccc2CN2CCNC(=O)[C@H]2C(C)C)n1. The average Bonchev–Trinajstić information content (AvgIpc) is 2.86. The van der Waals surface area contributed by atoms with Crippen LogP contribution in [0.15, 0.2) is 30.3 Å². The molecule has 0 saturated carbocycles. The van der Waals surface area contributed by atoms with Gasteiger partial charge in [-0.15, -0.1) is 0 Å². The van der Waals surface area contributed by atoms with Gasteiger partial charge in [-0.1, -0.05) is 32.0 Å². The maximum absolute atomic E-state index is 12.3. The highest BCUT2D eigenvalue weighted by atomic mass is 16.2. The zero-order valence-electron chi connectivity index (χ0n) is 14.9. The fourth-order valence-electron chi connectivity index (χ4n) is 3.58. The van der Waals surface area contributed by atoms with Crippen molar-refractivity contribution in [3.8, 4) is 5.69 Å². The van der Waals surface area contributed by atoms with Gasteiger partial charge in [0.1, 0.15) is 0 Å². The number of benzene rings is 1. The summed E-state index contributed by atoms with van der Waals surface area (Å²) < 4.78 is 2.00. The number of nitrogens with one attached hydrogen (secondary N) is 1. The minimum atomic E-state index is -0.0766. The number of piperazine rings is 1. The minimum absolute atomic E-state index is 0.0766. The minimum Gasteiger partial charge on any atom is -0.353 e. The molecule has 0 unspecified atom stereocenters. The topological polar surface area (TPSA) is 50.2 Å². The molecule has 1 atom stereocenters. The van der Waals surface area contributed by atoms with E-state index in [1.807, 2.05) is 17.7 Å². The Labute approximate surface area is 143 Å². The van der Waals surface area contributed by atoms with Gasteiger partial charge in [-0.05, 0) is 37.5 Å². The average molecular weight is 326 g/mol. The van der Waals surface area contributed by atoms with Gasteiger partial charge < -0.3 is 5.32 Å². The number of aryl methyl sites for hydroxylation is 2. The second kappa shape index (κ2) is 6.77. The summed E-state index contributed by atoms with van der Waals surface area (Å²) in [4.78, 5) is 14.6. The molecular weight excluding hydrogens is 300 g/mol. The maximum atomic E-state index is 12.3. The van der Waals surface area contributed by atoms with Crippen molar-refractivity contribution in [3.63, 3.8) is 0 Å². The standard InChI is InChI=1S/C19H26N4O/c1-13(2)18-19(24)20-9-10-22(18)12-16-7-5-6-8-17(16)23-15(4)11-14(3)21-23/h5-8,11,13,18H,9-10,12H2,1-4H3,(H,20,24)/t18-/m1/s1. The van der Waals surface area contributed by atoms with Gasteiger partial charge in [0, 0.05) is 25.3 Å². The molecule has 2 aromatic rings. The van der Waals surface area contributed by atoms with Crippen LogP contribution in [0.4, 0.5) is 0 Å². The summed E-state index contributed by atoms with van der Waals surface area (Å²) in [6.07, 6.45) is 0. The number of amides is 1. The highest BCUT2D eigenvalue weighted by Gasteiger charge is 2.32. The Bertz CT molecular complexity index is 735. The van der Waals surface area contributed by atoms with Crippen LogP contribution in [0, 0.1) is 19.8 Å². The Hall–Kier alpha value is -2.14. The van der Waals surface area contributed by atoms with E-state index in [2.05, 4.69) is 60.4 Å². The Morgan fingerprint density at radius 2 is 2.04 bits per heavy atom. The number of hydrogen-bond donors (Lipinski definition) is 1. The third-order valence-electron chi connectivity index (χ3n) is 4.59. The van der Waals surface area contributed by atoms with Gasteiger partial charge in [0.25, 0.3) is 0 Å². The number of hydrogen-bond acceptors (Lipinski definition) is 3. The molecule has 1 aliphatic heterocycles. The Balaban J connectivity index is 1.93. The van der Waals surface area contributed by atoms with E-state index in [0.717, 1.165) is 30.2 Å². The van der Waals surface area contributed by atoms with Crippen molar-refractivity contribution in [2.75, 3.05) is 13.1 Å². The van der Waals surface area contributed by atoms with Gasteiger partial charge >= 0.3 is 0 Å². The third-order valence-corrected chi connectivity index (χ3v) is 4.59. The number of carbonyl (C=O) groups is 1. The lowest BCUT2D eigenvalue weighted by molar-refractivity contribution is -0.131. The van der Waals surface area contributed by atoms with Crippen LogP contribution in [0.25, 0.3) is 5.69 Å². The summed E-state index contributed by atoms with van der Waals surface area (Å²) in [5.74, 6) is 0.422. The third kappa shape index (κ3) is 3.22. The first-order valence-electron chi connectivity index (χ1n) is 8.60. The van der Waals surface area contributed by atoms with E-state index < -0.39 is 0 Å². The molecule has 0 radical (unpaired) electrons. The van der Waals surface area contributed by atoms with E-state index >= 15 is 0 Å². The first-order valence-corrected chi connectivity index (χ1v) is 8.60. The summed E-state index contributed by atoms with van der Waals surface area (Å²) >= 11 is 0. The van der Waals surface area contributed by atoms with E-state index in [9.17, 15) is 4.79 Å². The van der Waals surface area contributed by atoms with Gasteiger partial charge in [-0.25, -0.2) is 4.68 Å². The number of aromatic nitrogens is 2. The predicted molar refractivity (Wildman–Crippen MR) is 95.1 cm³/mol. The zero-order valence-corrected chi connectivity index (χ0v) is 14.9. The normalized spacial score (nSPS) is 18.9. The van der Waals surface area contributed by atoms with Crippen molar-refractivity contribution in [1.82, 2.24) is 20.0 Å². The van der Waals surface area contributed by atoms with Crippen LogP contribution in [0.2, 0.25) is 0 Å². The second-order valence-electron chi connectivity index (χ2n) is 6.92. The molecule has 1 saturated heterocycles. The molecule has 1 aliphatic rings. The van der Waals surface area contributed by atoms with Gasteiger partial charge in [0.05, 0.1) is 17.4 Å². The zero-order chi connectivity index (χ0) is 17.3. The van der Waals surface area contributed by atoms with Crippen LogP contribution in [0.3, 0.4) is 0 Å². The highest BCUT2D eigenvalue weighted by Crippen LogP contribution is 2.22. The molecule has 128 valence electrons. The van der Waals surface area contributed by atoms with E-state index in [-0.39, 0.29) is 17.9 Å². The van der Waals surface area contributed by atoms with Crippen LogP contribution < -0.4 is 5.32 Å². The number of rotatable bonds is 4. The smallest absolute Gasteiger partial charge is 0.237 e. The molecule has 24 heavy (non-hydrogen) atoms. The maximum Gasteiger partial charge on any atom is 0.237 e. The Kier molecular flexibility index (Phi) is 4.71. The molecule has 5 heteroatoms. The van der Waals surface area contributed by atoms with Crippen molar-refractivity contribution in [3.05, 3.63) is 47.3 Å². The van der Waals surface area contributed by atoms with Gasteiger partial charge in [-0.2, -0.15) is 5.10 Å². The highest BCUT2D eigenvalue weighted by molar-refractivity contribution is 5.82. The van der Waals surface area contributed by atoms with E-state index in [4.69, 9.17) is 0 Å². The van der Waals surface area contributed by atoms with Crippen LogP contribution in [0.5, 0.6) is 0 Å². The largest absolute Gasteiger partial charge is 0.353 e. The molecule has 1 N–H and O–H groups in total. The molecule has 5 nitrogen and oxygen atoms in total. The molecule has 1 aromatic heterocycles. The quantitative estimate of drug-likeness (QED) is 0.939. The lowest BCUT2D eigenvalue weighted by atomic mass is 9.98. The van der Waals surface area contributed by atoms with Crippen molar-refractivity contribution >= 4 is 5.91 Å². The second-order valence-corrected chi connectivity index (χ2v) is 6.92. The number of para-hydroxylation sites is 1. The van der Waals surface area contributed by atoms with Crippen LogP contribution in [0.1, 0.15) is 30.8 Å². The van der Waals surface area contributed by atoms with Crippen LogP contribution in [-0.2, 0) is 11.3 Å². The van der Waals surface area contributed by atoms with Crippen molar-refractivity contribution < 1.29 is 4.79 Å². The van der Waals surface area contributed by atoms with Gasteiger partial charge in [-0.3, -0.25) is 9.69 Å². The van der Waals surface area contributed by atoms with Crippen LogP contribution in [-0.4, -0.2) is 39.7 Å². The Morgan fingerprint density at radius 1 is 1.29 bits per heavy atom.